The van der Waals surface area contributed by atoms with Crippen molar-refractivity contribution in [2.24, 2.45) is 4.99 Å². The molecular formula is C17H18ClN5OS. The third-order valence-electron chi connectivity index (χ3n) is 3.30. The van der Waals surface area contributed by atoms with Gasteiger partial charge >= 0.3 is 0 Å². The van der Waals surface area contributed by atoms with Crippen LogP contribution in [0, 0.1) is 0 Å². The van der Waals surface area contributed by atoms with Crippen LogP contribution in [-0.2, 0) is 13.1 Å². The average Bonchev–Trinajstić information content (AvgIpc) is 3.29. The summed E-state index contributed by atoms with van der Waals surface area (Å²) in [6, 6.07) is 9.41. The minimum absolute atomic E-state index is 0.392. The zero-order valence-corrected chi connectivity index (χ0v) is 15.3. The summed E-state index contributed by atoms with van der Waals surface area (Å²) >= 11 is 7.66. The molecule has 0 aliphatic heterocycles. The number of hydrogen-bond acceptors (Lipinski definition) is 5. The van der Waals surface area contributed by atoms with E-state index in [1.165, 1.54) is 5.56 Å². The van der Waals surface area contributed by atoms with E-state index in [0.717, 1.165) is 12.1 Å². The third kappa shape index (κ3) is 5.04. The first-order chi connectivity index (χ1) is 12.2. The normalized spacial score (nSPS) is 11.5. The fraction of sp³-hybridized carbons (Fsp3) is 0.235. The summed E-state index contributed by atoms with van der Waals surface area (Å²) in [5.74, 6) is 1.70. The molecule has 0 bridgehead atoms. The van der Waals surface area contributed by atoms with Crippen LogP contribution in [0.25, 0.3) is 11.4 Å². The van der Waals surface area contributed by atoms with Gasteiger partial charge in [-0.15, -0.1) is 0 Å². The Morgan fingerprint density at radius 1 is 1.32 bits per heavy atom. The maximum absolute atomic E-state index is 5.99. The van der Waals surface area contributed by atoms with Crippen LogP contribution < -0.4 is 10.6 Å². The van der Waals surface area contributed by atoms with E-state index >= 15 is 0 Å². The Labute approximate surface area is 154 Å². The number of aromatic nitrogens is 2. The van der Waals surface area contributed by atoms with Crippen molar-refractivity contribution in [3.05, 3.63) is 57.6 Å². The lowest BCUT2D eigenvalue weighted by atomic mass is 10.2. The SMILES string of the molecule is CCNC(=NCc1ccsc1)NCc1nc(-c2cccc(Cl)c2)no1. The smallest absolute Gasteiger partial charge is 0.246 e. The molecule has 0 saturated heterocycles. The minimum atomic E-state index is 0.392. The van der Waals surface area contributed by atoms with E-state index in [9.17, 15) is 0 Å². The van der Waals surface area contributed by atoms with E-state index in [1.54, 1.807) is 23.5 Å². The molecule has 1 aromatic carbocycles. The van der Waals surface area contributed by atoms with Gasteiger partial charge in [-0.2, -0.15) is 16.3 Å². The molecule has 0 amide bonds. The molecule has 0 saturated carbocycles. The van der Waals surface area contributed by atoms with Crippen LogP contribution in [0.15, 0.2) is 50.6 Å². The van der Waals surface area contributed by atoms with Crippen LogP contribution in [0.3, 0.4) is 0 Å². The Morgan fingerprint density at radius 3 is 3.00 bits per heavy atom. The van der Waals surface area contributed by atoms with E-state index in [2.05, 4.69) is 37.2 Å². The molecule has 0 radical (unpaired) electrons. The standard InChI is InChI=1S/C17H18ClN5OS/c1-2-19-17(20-9-12-6-7-25-11-12)21-10-15-22-16(23-24-15)13-4-3-5-14(18)8-13/h3-8,11H,2,9-10H2,1H3,(H2,19,20,21). The van der Waals surface area contributed by atoms with Crippen molar-refractivity contribution in [1.29, 1.82) is 0 Å². The summed E-state index contributed by atoms with van der Waals surface area (Å²) < 4.78 is 5.29. The number of benzene rings is 1. The topological polar surface area (TPSA) is 75.3 Å². The Kier molecular flexibility index (Phi) is 6.03. The number of aliphatic imine (C=N–C) groups is 1. The van der Waals surface area contributed by atoms with Crippen LogP contribution in [-0.4, -0.2) is 22.6 Å². The van der Waals surface area contributed by atoms with Crippen molar-refractivity contribution in [2.45, 2.75) is 20.0 Å². The number of guanidine groups is 1. The fourth-order valence-electron chi connectivity index (χ4n) is 2.13. The molecule has 3 aromatic rings. The second-order valence-corrected chi connectivity index (χ2v) is 6.42. The average molecular weight is 376 g/mol. The molecular weight excluding hydrogens is 358 g/mol. The van der Waals surface area contributed by atoms with Crippen LogP contribution in [0.5, 0.6) is 0 Å². The molecule has 0 aliphatic rings. The molecule has 0 aliphatic carbocycles. The Morgan fingerprint density at radius 2 is 2.24 bits per heavy atom. The lowest BCUT2D eigenvalue weighted by molar-refractivity contribution is 0.375. The highest BCUT2D eigenvalue weighted by atomic mass is 35.5. The van der Waals surface area contributed by atoms with Crippen molar-refractivity contribution < 1.29 is 4.52 Å². The maximum atomic E-state index is 5.99. The molecule has 130 valence electrons. The van der Waals surface area contributed by atoms with E-state index in [0.29, 0.717) is 35.8 Å². The van der Waals surface area contributed by atoms with Crippen LogP contribution in [0.2, 0.25) is 5.02 Å². The van der Waals surface area contributed by atoms with Gasteiger partial charge in [-0.3, -0.25) is 0 Å². The molecule has 2 heterocycles. The van der Waals surface area contributed by atoms with E-state index < -0.39 is 0 Å². The van der Waals surface area contributed by atoms with Gasteiger partial charge in [-0.05, 0) is 41.4 Å². The van der Waals surface area contributed by atoms with Crippen LogP contribution in [0.1, 0.15) is 18.4 Å². The number of nitrogens with one attached hydrogen (secondary N) is 2. The summed E-state index contributed by atoms with van der Waals surface area (Å²) in [7, 11) is 0. The second-order valence-electron chi connectivity index (χ2n) is 5.20. The van der Waals surface area contributed by atoms with Gasteiger partial charge in [0.25, 0.3) is 0 Å². The lowest BCUT2D eigenvalue weighted by Gasteiger charge is -2.08. The first kappa shape index (κ1) is 17.4. The highest BCUT2D eigenvalue weighted by Crippen LogP contribution is 2.19. The van der Waals surface area contributed by atoms with Gasteiger partial charge < -0.3 is 15.2 Å². The molecule has 0 unspecified atom stereocenters. The van der Waals surface area contributed by atoms with E-state index in [4.69, 9.17) is 16.1 Å². The molecule has 0 fully saturated rings. The van der Waals surface area contributed by atoms with Gasteiger partial charge in [0.05, 0.1) is 13.1 Å². The monoisotopic (exact) mass is 375 g/mol. The van der Waals surface area contributed by atoms with Crippen LogP contribution in [0.4, 0.5) is 0 Å². The maximum Gasteiger partial charge on any atom is 0.246 e. The Balaban J connectivity index is 1.62. The molecule has 0 spiro atoms. The molecule has 3 rings (SSSR count). The number of rotatable bonds is 6. The predicted molar refractivity (Wildman–Crippen MR) is 101 cm³/mol. The van der Waals surface area contributed by atoms with Crippen molar-refractivity contribution >= 4 is 28.9 Å². The summed E-state index contributed by atoms with van der Waals surface area (Å²) in [6.07, 6.45) is 0. The zero-order valence-electron chi connectivity index (χ0n) is 13.7. The first-order valence-corrected chi connectivity index (χ1v) is 9.18. The van der Waals surface area contributed by atoms with Gasteiger partial charge in [-0.1, -0.05) is 28.9 Å². The van der Waals surface area contributed by atoms with E-state index in [-0.39, 0.29) is 0 Å². The summed E-state index contributed by atoms with van der Waals surface area (Å²) in [4.78, 5) is 8.93. The molecule has 8 heteroatoms. The number of halogens is 1. The zero-order chi connectivity index (χ0) is 17.5. The fourth-order valence-corrected chi connectivity index (χ4v) is 2.98. The molecule has 2 N–H and O–H groups in total. The largest absolute Gasteiger partial charge is 0.357 e. The highest BCUT2D eigenvalue weighted by Gasteiger charge is 2.09. The number of thiophene rings is 1. The van der Waals surface area contributed by atoms with Crippen molar-refractivity contribution in [2.75, 3.05) is 6.54 Å². The quantitative estimate of drug-likeness (QED) is 0.507. The summed E-state index contributed by atoms with van der Waals surface area (Å²) in [5.41, 5.74) is 2.00. The summed E-state index contributed by atoms with van der Waals surface area (Å²) in [5, 5.41) is 15.2. The van der Waals surface area contributed by atoms with Crippen LogP contribution >= 0.6 is 22.9 Å². The first-order valence-electron chi connectivity index (χ1n) is 7.86. The molecule has 0 atom stereocenters. The lowest BCUT2D eigenvalue weighted by Crippen LogP contribution is -2.36. The third-order valence-corrected chi connectivity index (χ3v) is 4.27. The molecule has 25 heavy (non-hydrogen) atoms. The van der Waals surface area contributed by atoms with E-state index in [1.807, 2.05) is 24.4 Å². The van der Waals surface area contributed by atoms with Crippen molar-refractivity contribution in [3.63, 3.8) is 0 Å². The second kappa shape index (κ2) is 8.64. The number of hydrogen-bond donors (Lipinski definition) is 2. The van der Waals surface area contributed by atoms with Crippen molar-refractivity contribution in [3.8, 4) is 11.4 Å². The Bertz CT molecular complexity index is 831. The highest BCUT2D eigenvalue weighted by molar-refractivity contribution is 7.07. The molecule has 6 nitrogen and oxygen atoms in total. The predicted octanol–water partition coefficient (Wildman–Crippen LogP) is 3.71. The number of nitrogens with zero attached hydrogens (tertiary/aromatic N) is 3. The van der Waals surface area contributed by atoms with Gasteiger partial charge in [0, 0.05) is 17.1 Å². The Hall–Kier alpha value is -2.38. The molecule has 2 aromatic heterocycles. The summed E-state index contributed by atoms with van der Waals surface area (Å²) in [6.45, 7) is 3.80. The van der Waals surface area contributed by atoms with Gasteiger partial charge in [0.15, 0.2) is 5.96 Å². The minimum Gasteiger partial charge on any atom is -0.357 e. The van der Waals surface area contributed by atoms with Crippen molar-refractivity contribution in [1.82, 2.24) is 20.8 Å². The van der Waals surface area contributed by atoms with Gasteiger partial charge in [0.1, 0.15) is 0 Å². The van der Waals surface area contributed by atoms with Gasteiger partial charge in [0.2, 0.25) is 11.7 Å². The van der Waals surface area contributed by atoms with Gasteiger partial charge in [-0.25, -0.2) is 4.99 Å².